The number of likely N-dealkylation sites (tertiary alicyclic amines) is 1. The Balaban J connectivity index is 1.63. The van der Waals surface area contributed by atoms with Crippen LogP contribution in [0, 0.1) is 11.6 Å². The molecule has 1 aliphatic heterocycles. The smallest absolute Gasteiger partial charge is 0.233 e. The Bertz CT molecular complexity index is 1040. The molecule has 0 aliphatic carbocycles. The van der Waals surface area contributed by atoms with Crippen LogP contribution in [-0.2, 0) is 4.79 Å². The van der Waals surface area contributed by atoms with Gasteiger partial charge in [-0.1, -0.05) is 11.8 Å². The molecule has 1 aromatic heterocycles. The van der Waals surface area contributed by atoms with Crippen molar-refractivity contribution in [3.63, 3.8) is 0 Å². The molecule has 0 radical (unpaired) electrons. The van der Waals surface area contributed by atoms with E-state index >= 15 is 0 Å². The molecule has 31 heavy (non-hydrogen) atoms. The van der Waals surface area contributed by atoms with E-state index in [4.69, 9.17) is 0 Å². The highest BCUT2D eigenvalue weighted by atomic mass is 32.2. The van der Waals surface area contributed by atoms with E-state index in [-0.39, 0.29) is 35.4 Å². The topological polar surface area (TPSA) is 51.0 Å². The zero-order valence-corrected chi connectivity index (χ0v) is 18.3. The SMILES string of the molecule is CC1CCCC(C)N1C(=O)CSc1nnc(-c2ccc(F)cc2)n1-c1ccc(F)cc1. The molecule has 2 atom stereocenters. The predicted molar refractivity (Wildman–Crippen MR) is 117 cm³/mol. The monoisotopic (exact) mass is 442 g/mol. The highest BCUT2D eigenvalue weighted by Crippen LogP contribution is 2.30. The van der Waals surface area contributed by atoms with Crippen molar-refractivity contribution in [1.82, 2.24) is 19.7 Å². The summed E-state index contributed by atoms with van der Waals surface area (Å²) in [5.74, 6) is 0.111. The quantitative estimate of drug-likeness (QED) is 0.516. The Morgan fingerprint density at radius 3 is 2.16 bits per heavy atom. The van der Waals surface area contributed by atoms with Gasteiger partial charge < -0.3 is 4.90 Å². The average molecular weight is 443 g/mol. The molecule has 2 heterocycles. The second kappa shape index (κ2) is 9.18. The standard InChI is InChI=1S/C23H24F2N4OS/c1-15-4-3-5-16(2)28(15)21(30)14-31-23-27-26-22(17-6-8-18(24)9-7-17)29(23)20-12-10-19(25)11-13-20/h6-13,15-16H,3-5,14H2,1-2H3. The largest absolute Gasteiger partial charge is 0.337 e. The van der Waals surface area contributed by atoms with Gasteiger partial charge >= 0.3 is 0 Å². The summed E-state index contributed by atoms with van der Waals surface area (Å²) in [6.45, 7) is 4.18. The summed E-state index contributed by atoms with van der Waals surface area (Å²) in [5.41, 5.74) is 1.34. The summed E-state index contributed by atoms with van der Waals surface area (Å²) in [6, 6.07) is 12.4. The lowest BCUT2D eigenvalue weighted by molar-refractivity contribution is -0.134. The predicted octanol–water partition coefficient (Wildman–Crippen LogP) is 5.09. The minimum absolute atomic E-state index is 0.0710. The summed E-state index contributed by atoms with van der Waals surface area (Å²) >= 11 is 1.30. The molecule has 1 aliphatic rings. The van der Waals surface area contributed by atoms with Gasteiger partial charge in [-0.2, -0.15) is 0 Å². The molecule has 0 N–H and O–H groups in total. The average Bonchev–Trinajstić information content (AvgIpc) is 3.17. The number of aromatic nitrogens is 3. The molecular formula is C23H24F2N4OS. The van der Waals surface area contributed by atoms with Crippen molar-refractivity contribution in [2.24, 2.45) is 0 Å². The van der Waals surface area contributed by atoms with E-state index in [0.717, 1.165) is 19.3 Å². The second-order valence-corrected chi connectivity index (χ2v) is 8.79. The zero-order chi connectivity index (χ0) is 22.0. The maximum atomic E-state index is 13.5. The van der Waals surface area contributed by atoms with Crippen molar-refractivity contribution < 1.29 is 13.6 Å². The van der Waals surface area contributed by atoms with Gasteiger partial charge in [0.05, 0.1) is 5.75 Å². The van der Waals surface area contributed by atoms with Gasteiger partial charge in [0.2, 0.25) is 5.91 Å². The number of thioether (sulfide) groups is 1. The van der Waals surface area contributed by atoms with Crippen LogP contribution < -0.4 is 0 Å². The van der Waals surface area contributed by atoms with E-state index in [2.05, 4.69) is 24.0 Å². The van der Waals surface area contributed by atoms with Gasteiger partial charge in [0, 0.05) is 23.3 Å². The van der Waals surface area contributed by atoms with Crippen LogP contribution in [0.5, 0.6) is 0 Å². The molecule has 2 unspecified atom stereocenters. The number of rotatable bonds is 5. The number of amides is 1. The summed E-state index contributed by atoms with van der Waals surface area (Å²) in [6.07, 6.45) is 3.17. The van der Waals surface area contributed by atoms with Crippen LogP contribution in [0.2, 0.25) is 0 Å². The van der Waals surface area contributed by atoms with Crippen LogP contribution in [0.3, 0.4) is 0 Å². The minimum Gasteiger partial charge on any atom is -0.337 e. The van der Waals surface area contributed by atoms with Crippen LogP contribution in [0.15, 0.2) is 53.7 Å². The van der Waals surface area contributed by atoms with Crippen LogP contribution >= 0.6 is 11.8 Å². The fraction of sp³-hybridized carbons (Fsp3) is 0.348. The normalized spacial score (nSPS) is 18.9. The Morgan fingerprint density at radius 1 is 0.968 bits per heavy atom. The highest BCUT2D eigenvalue weighted by molar-refractivity contribution is 7.99. The van der Waals surface area contributed by atoms with E-state index in [9.17, 15) is 13.6 Å². The Hall–Kier alpha value is -2.74. The zero-order valence-electron chi connectivity index (χ0n) is 17.5. The third kappa shape index (κ3) is 4.63. The molecule has 1 saturated heterocycles. The first kappa shape index (κ1) is 21.5. The summed E-state index contributed by atoms with van der Waals surface area (Å²) in [4.78, 5) is 14.9. The fourth-order valence-corrected chi connectivity index (χ4v) is 4.91. The van der Waals surface area contributed by atoms with Crippen LogP contribution in [0.25, 0.3) is 17.1 Å². The number of benzene rings is 2. The van der Waals surface area contributed by atoms with Gasteiger partial charge in [0.15, 0.2) is 11.0 Å². The van der Waals surface area contributed by atoms with E-state index in [0.29, 0.717) is 22.2 Å². The first-order chi connectivity index (χ1) is 14.9. The lowest BCUT2D eigenvalue weighted by atomic mass is 9.98. The summed E-state index contributed by atoms with van der Waals surface area (Å²) in [7, 11) is 0. The Morgan fingerprint density at radius 2 is 1.55 bits per heavy atom. The first-order valence-corrected chi connectivity index (χ1v) is 11.3. The van der Waals surface area contributed by atoms with Gasteiger partial charge in [-0.15, -0.1) is 10.2 Å². The maximum Gasteiger partial charge on any atom is 0.233 e. The minimum atomic E-state index is -0.349. The number of piperidine rings is 1. The maximum absolute atomic E-state index is 13.5. The number of carbonyl (C=O) groups excluding carboxylic acids is 1. The fourth-order valence-electron chi connectivity index (χ4n) is 4.09. The van der Waals surface area contributed by atoms with E-state index in [1.807, 2.05) is 4.90 Å². The number of nitrogens with zero attached hydrogens (tertiary/aromatic N) is 4. The van der Waals surface area contributed by atoms with Gasteiger partial charge in [-0.3, -0.25) is 9.36 Å². The van der Waals surface area contributed by atoms with Gasteiger partial charge in [-0.25, -0.2) is 8.78 Å². The summed E-state index contributed by atoms with van der Waals surface area (Å²) < 4.78 is 28.7. The van der Waals surface area contributed by atoms with Crippen molar-refractivity contribution in [2.45, 2.75) is 50.4 Å². The van der Waals surface area contributed by atoms with E-state index in [1.165, 1.54) is 36.0 Å². The van der Waals surface area contributed by atoms with Crippen LogP contribution in [0.4, 0.5) is 8.78 Å². The summed E-state index contributed by atoms with van der Waals surface area (Å²) in [5, 5.41) is 9.10. The van der Waals surface area contributed by atoms with Gasteiger partial charge in [0.25, 0.3) is 0 Å². The van der Waals surface area contributed by atoms with E-state index in [1.54, 1.807) is 28.8 Å². The van der Waals surface area contributed by atoms with Crippen molar-refractivity contribution in [3.8, 4) is 17.1 Å². The van der Waals surface area contributed by atoms with Gasteiger partial charge in [-0.05, 0) is 81.6 Å². The third-order valence-corrected chi connectivity index (χ3v) is 6.54. The molecule has 1 fully saturated rings. The van der Waals surface area contributed by atoms with E-state index < -0.39 is 0 Å². The van der Waals surface area contributed by atoms with Crippen molar-refractivity contribution in [3.05, 3.63) is 60.2 Å². The molecule has 2 aromatic carbocycles. The van der Waals surface area contributed by atoms with Gasteiger partial charge in [0.1, 0.15) is 11.6 Å². The Labute approximate surface area is 184 Å². The number of hydrogen-bond donors (Lipinski definition) is 0. The number of carbonyl (C=O) groups is 1. The Kier molecular flexibility index (Phi) is 6.36. The molecular weight excluding hydrogens is 418 g/mol. The van der Waals surface area contributed by atoms with Crippen molar-refractivity contribution in [1.29, 1.82) is 0 Å². The molecule has 0 saturated carbocycles. The third-order valence-electron chi connectivity index (χ3n) is 5.63. The second-order valence-electron chi connectivity index (χ2n) is 7.84. The molecule has 0 bridgehead atoms. The lowest BCUT2D eigenvalue weighted by Gasteiger charge is -2.39. The molecule has 4 rings (SSSR count). The molecule has 1 amide bonds. The van der Waals surface area contributed by atoms with Crippen LogP contribution in [-0.4, -0.2) is 43.4 Å². The molecule has 5 nitrogen and oxygen atoms in total. The van der Waals surface area contributed by atoms with Crippen molar-refractivity contribution >= 4 is 17.7 Å². The van der Waals surface area contributed by atoms with Crippen LogP contribution in [0.1, 0.15) is 33.1 Å². The highest BCUT2D eigenvalue weighted by Gasteiger charge is 2.29. The number of halogens is 2. The molecule has 162 valence electrons. The number of hydrogen-bond acceptors (Lipinski definition) is 4. The molecule has 8 heteroatoms. The first-order valence-electron chi connectivity index (χ1n) is 10.4. The van der Waals surface area contributed by atoms with Crippen molar-refractivity contribution in [2.75, 3.05) is 5.75 Å². The molecule has 0 spiro atoms. The molecule has 3 aromatic rings. The lowest BCUT2D eigenvalue weighted by Crippen LogP contribution is -2.48.